The molecule has 0 bridgehead atoms. The third-order valence-corrected chi connectivity index (χ3v) is 5.24. The van der Waals surface area contributed by atoms with Gasteiger partial charge in [-0.15, -0.1) is 0 Å². The van der Waals surface area contributed by atoms with Crippen molar-refractivity contribution in [3.05, 3.63) is 69.9 Å². The van der Waals surface area contributed by atoms with E-state index in [0.29, 0.717) is 12.3 Å². The third-order valence-electron chi connectivity index (χ3n) is 4.99. The lowest BCUT2D eigenvalue weighted by Crippen LogP contribution is -2.17. The minimum Gasteiger partial charge on any atom is -0.508 e. The first-order valence-electron chi connectivity index (χ1n) is 8.95. The Bertz CT molecular complexity index is 931. The zero-order valence-electron chi connectivity index (χ0n) is 14.8. The number of aromatic nitrogens is 2. The summed E-state index contributed by atoms with van der Waals surface area (Å²) in [5.41, 5.74) is 7.05. The topological polar surface area (TPSA) is 50.1 Å². The number of nitrogens with zero attached hydrogens (tertiary/aromatic N) is 2. The van der Waals surface area contributed by atoms with Crippen LogP contribution in [-0.4, -0.2) is 28.0 Å². The number of hydrogen-bond donors (Lipinski definition) is 2. The molecule has 0 radical (unpaired) electrons. The van der Waals surface area contributed by atoms with Gasteiger partial charge in [-0.3, -0.25) is 4.68 Å². The van der Waals surface area contributed by atoms with Gasteiger partial charge >= 0.3 is 0 Å². The van der Waals surface area contributed by atoms with Crippen LogP contribution < -0.4 is 5.32 Å². The zero-order valence-corrected chi connectivity index (χ0v) is 15.6. The molecule has 134 valence electrons. The fraction of sp³-hybridized carbons (Fsp3) is 0.286. The van der Waals surface area contributed by atoms with E-state index in [1.807, 2.05) is 25.1 Å². The van der Waals surface area contributed by atoms with Gasteiger partial charge in [-0.1, -0.05) is 29.8 Å². The summed E-state index contributed by atoms with van der Waals surface area (Å²) in [5, 5.41) is 18.8. The van der Waals surface area contributed by atoms with Crippen molar-refractivity contribution in [2.24, 2.45) is 0 Å². The molecular formula is C21H22ClN3O. The molecule has 2 N–H and O–H groups in total. The fourth-order valence-corrected chi connectivity index (χ4v) is 3.75. The number of benzene rings is 2. The Kier molecular flexibility index (Phi) is 4.70. The van der Waals surface area contributed by atoms with Crippen molar-refractivity contribution < 1.29 is 5.11 Å². The van der Waals surface area contributed by atoms with Gasteiger partial charge in [0.05, 0.1) is 17.9 Å². The van der Waals surface area contributed by atoms with Gasteiger partial charge in [0.2, 0.25) is 0 Å². The molecule has 2 aromatic carbocycles. The smallest absolute Gasteiger partial charge is 0.115 e. The van der Waals surface area contributed by atoms with E-state index in [1.165, 1.54) is 17.0 Å². The monoisotopic (exact) mass is 367 g/mol. The highest BCUT2D eigenvalue weighted by Gasteiger charge is 2.21. The average molecular weight is 368 g/mol. The third kappa shape index (κ3) is 3.35. The van der Waals surface area contributed by atoms with Gasteiger partial charge in [0.25, 0.3) is 0 Å². The standard InChI is InChI=1S/C21H22ClN3O/c1-14-12-18(26)7-4-16(14)13-25-21(15-2-5-17(22)6-3-15)19-8-10-23-11-9-20(19)24-25/h2-7,12,23,26H,8-11,13H2,1H3. The summed E-state index contributed by atoms with van der Waals surface area (Å²) in [6, 6.07) is 13.5. The van der Waals surface area contributed by atoms with Crippen molar-refractivity contribution >= 4 is 11.6 Å². The molecule has 1 aromatic heterocycles. The van der Waals surface area contributed by atoms with Crippen LogP contribution in [0.3, 0.4) is 0 Å². The molecule has 0 spiro atoms. The van der Waals surface area contributed by atoms with Crippen LogP contribution in [-0.2, 0) is 19.4 Å². The van der Waals surface area contributed by atoms with Gasteiger partial charge in [0.1, 0.15) is 5.75 Å². The summed E-state index contributed by atoms with van der Waals surface area (Å²) in [6.07, 6.45) is 1.92. The van der Waals surface area contributed by atoms with E-state index in [2.05, 4.69) is 22.1 Å². The highest BCUT2D eigenvalue weighted by atomic mass is 35.5. The first-order valence-corrected chi connectivity index (χ1v) is 9.33. The molecule has 0 saturated carbocycles. The molecule has 0 aliphatic carbocycles. The second kappa shape index (κ2) is 7.14. The normalized spacial score (nSPS) is 14.1. The maximum absolute atomic E-state index is 9.68. The Morgan fingerprint density at radius 2 is 1.88 bits per heavy atom. The first-order chi connectivity index (χ1) is 12.6. The van der Waals surface area contributed by atoms with E-state index in [4.69, 9.17) is 16.7 Å². The lowest BCUT2D eigenvalue weighted by atomic mass is 10.0. The molecular weight excluding hydrogens is 346 g/mol. The summed E-state index contributed by atoms with van der Waals surface area (Å²) in [4.78, 5) is 0. The summed E-state index contributed by atoms with van der Waals surface area (Å²) in [6.45, 7) is 4.64. The highest BCUT2D eigenvalue weighted by Crippen LogP contribution is 2.30. The Morgan fingerprint density at radius 3 is 2.65 bits per heavy atom. The Hall–Kier alpha value is -2.30. The predicted octanol–water partition coefficient (Wildman–Crippen LogP) is 3.95. The van der Waals surface area contributed by atoms with Crippen molar-refractivity contribution in [2.75, 3.05) is 13.1 Å². The van der Waals surface area contributed by atoms with Crippen LogP contribution in [0.5, 0.6) is 5.75 Å². The van der Waals surface area contributed by atoms with Crippen molar-refractivity contribution in [2.45, 2.75) is 26.3 Å². The number of nitrogens with one attached hydrogen (secondary N) is 1. The Labute approximate surface area is 158 Å². The number of halogens is 1. The van der Waals surface area contributed by atoms with Crippen LogP contribution in [0, 0.1) is 6.92 Å². The maximum atomic E-state index is 9.68. The molecule has 0 atom stereocenters. The molecule has 4 nitrogen and oxygen atoms in total. The molecule has 0 saturated heterocycles. The highest BCUT2D eigenvalue weighted by molar-refractivity contribution is 6.30. The number of aryl methyl sites for hydroxylation is 1. The predicted molar refractivity (Wildman–Crippen MR) is 105 cm³/mol. The van der Waals surface area contributed by atoms with Crippen molar-refractivity contribution in [3.63, 3.8) is 0 Å². The molecule has 0 amide bonds. The molecule has 5 heteroatoms. The quantitative estimate of drug-likeness (QED) is 0.736. The zero-order chi connectivity index (χ0) is 18.1. The molecule has 3 aromatic rings. The Balaban J connectivity index is 1.81. The Morgan fingerprint density at radius 1 is 1.12 bits per heavy atom. The van der Waals surface area contributed by atoms with Gasteiger partial charge in [-0.2, -0.15) is 5.10 Å². The average Bonchev–Trinajstić information content (AvgIpc) is 2.79. The van der Waals surface area contributed by atoms with Gasteiger partial charge < -0.3 is 10.4 Å². The van der Waals surface area contributed by atoms with E-state index in [0.717, 1.165) is 47.6 Å². The number of fused-ring (bicyclic) bond motifs is 1. The van der Waals surface area contributed by atoms with E-state index in [-0.39, 0.29) is 0 Å². The second-order valence-electron chi connectivity index (χ2n) is 6.80. The number of rotatable bonds is 3. The van der Waals surface area contributed by atoms with Crippen molar-refractivity contribution in [3.8, 4) is 17.0 Å². The van der Waals surface area contributed by atoms with Gasteiger partial charge in [-0.05, 0) is 55.3 Å². The minimum atomic E-state index is 0.298. The second-order valence-corrected chi connectivity index (χ2v) is 7.24. The number of phenols is 1. The van der Waals surface area contributed by atoms with Crippen LogP contribution in [0.1, 0.15) is 22.4 Å². The maximum Gasteiger partial charge on any atom is 0.115 e. The van der Waals surface area contributed by atoms with E-state index in [9.17, 15) is 5.11 Å². The molecule has 0 fully saturated rings. The van der Waals surface area contributed by atoms with E-state index >= 15 is 0 Å². The number of phenolic OH excluding ortho intramolecular Hbond substituents is 1. The van der Waals surface area contributed by atoms with Gasteiger partial charge in [0, 0.05) is 29.1 Å². The summed E-state index contributed by atoms with van der Waals surface area (Å²) >= 11 is 6.09. The lowest BCUT2D eigenvalue weighted by molar-refractivity contribution is 0.474. The van der Waals surface area contributed by atoms with E-state index < -0.39 is 0 Å². The first kappa shape index (κ1) is 17.1. The van der Waals surface area contributed by atoms with E-state index in [1.54, 1.807) is 12.1 Å². The number of hydrogen-bond acceptors (Lipinski definition) is 3. The van der Waals surface area contributed by atoms with Crippen LogP contribution in [0.4, 0.5) is 0 Å². The summed E-state index contributed by atoms with van der Waals surface area (Å²) < 4.78 is 2.11. The van der Waals surface area contributed by atoms with Crippen LogP contribution >= 0.6 is 11.6 Å². The van der Waals surface area contributed by atoms with Crippen molar-refractivity contribution in [1.82, 2.24) is 15.1 Å². The summed E-state index contributed by atoms with van der Waals surface area (Å²) in [7, 11) is 0. The van der Waals surface area contributed by atoms with Gasteiger partial charge in [-0.25, -0.2) is 0 Å². The van der Waals surface area contributed by atoms with Gasteiger partial charge in [0.15, 0.2) is 0 Å². The molecule has 0 unspecified atom stereocenters. The minimum absolute atomic E-state index is 0.298. The largest absolute Gasteiger partial charge is 0.508 e. The van der Waals surface area contributed by atoms with Crippen LogP contribution in [0.2, 0.25) is 5.02 Å². The fourth-order valence-electron chi connectivity index (χ4n) is 3.62. The molecule has 2 heterocycles. The van der Waals surface area contributed by atoms with Crippen LogP contribution in [0.15, 0.2) is 42.5 Å². The molecule has 1 aliphatic heterocycles. The van der Waals surface area contributed by atoms with Crippen molar-refractivity contribution in [1.29, 1.82) is 0 Å². The molecule has 1 aliphatic rings. The SMILES string of the molecule is Cc1cc(O)ccc1Cn1nc2c(c1-c1ccc(Cl)cc1)CCNCC2. The lowest BCUT2D eigenvalue weighted by Gasteiger charge is -2.12. The van der Waals surface area contributed by atoms with Crippen LogP contribution in [0.25, 0.3) is 11.3 Å². The molecule has 4 rings (SSSR count). The number of aromatic hydroxyl groups is 1. The summed E-state index contributed by atoms with van der Waals surface area (Å²) in [5.74, 6) is 0.298. The molecule has 26 heavy (non-hydrogen) atoms.